The zero-order valence-electron chi connectivity index (χ0n) is 13.2. The summed E-state index contributed by atoms with van der Waals surface area (Å²) in [6.07, 6.45) is 2.53. The molecule has 0 fully saturated rings. The molecule has 26 heavy (non-hydrogen) atoms. The van der Waals surface area contributed by atoms with Crippen LogP contribution in [0.1, 0.15) is 5.56 Å². The number of hydroxylamine groups is 1. The molecule has 0 aliphatic carbocycles. The number of nitrogens with one attached hydrogen (secondary N) is 2. The van der Waals surface area contributed by atoms with Crippen molar-refractivity contribution in [2.24, 2.45) is 5.14 Å². The van der Waals surface area contributed by atoms with Crippen LogP contribution in [0.5, 0.6) is 0 Å². The van der Waals surface area contributed by atoms with E-state index in [9.17, 15) is 21.6 Å². The first-order chi connectivity index (χ1) is 12.1. The number of rotatable bonds is 6. The van der Waals surface area contributed by atoms with Crippen molar-refractivity contribution in [1.82, 2.24) is 5.48 Å². The van der Waals surface area contributed by atoms with E-state index in [1.165, 1.54) is 23.7 Å². The van der Waals surface area contributed by atoms with Crippen LogP contribution in [0.4, 0.5) is 5.69 Å². The number of anilines is 1. The SMILES string of the molecule is NS(=O)(=O)c1ccc(S(=O)(=O)Nc2ccc(/C=C/C(=O)NO)cc2)cc1. The Kier molecular flexibility index (Phi) is 5.77. The lowest BCUT2D eigenvalue weighted by Gasteiger charge is -2.09. The van der Waals surface area contributed by atoms with Crippen molar-refractivity contribution in [3.63, 3.8) is 0 Å². The minimum Gasteiger partial charge on any atom is -0.288 e. The number of carbonyl (C=O) groups is 1. The van der Waals surface area contributed by atoms with E-state index < -0.39 is 26.0 Å². The highest BCUT2D eigenvalue weighted by Crippen LogP contribution is 2.18. The molecule has 0 aliphatic heterocycles. The van der Waals surface area contributed by atoms with Gasteiger partial charge in [0.15, 0.2) is 0 Å². The van der Waals surface area contributed by atoms with E-state index in [4.69, 9.17) is 10.3 Å². The second kappa shape index (κ2) is 7.66. The van der Waals surface area contributed by atoms with E-state index in [1.807, 2.05) is 0 Å². The first-order valence-corrected chi connectivity index (χ1v) is 10.0. The molecule has 0 bridgehead atoms. The topological polar surface area (TPSA) is 156 Å². The number of primary sulfonamides is 1. The molecular weight excluding hydrogens is 382 g/mol. The highest BCUT2D eigenvalue weighted by molar-refractivity contribution is 7.92. The van der Waals surface area contributed by atoms with Gasteiger partial charge in [0.05, 0.1) is 9.79 Å². The smallest absolute Gasteiger partial charge is 0.267 e. The maximum absolute atomic E-state index is 12.3. The summed E-state index contributed by atoms with van der Waals surface area (Å²) in [6.45, 7) is 0. The van der Waals surface area contributed by atoms with Gasteiger partial charge in [-0.05, 0) is 48.0 Å². The Bertz CT molecular complexity index is 1030. The Morgan fingerprint density at radius 1 is 0.923 bits per heavy atom. The molecule has 5 N–H and O–H groups in total. The Balaban J connectivity index is 2.16. The van der Waals surface area contributed by atoms with Crippen LogP contribution in [-0.2, 0) is 24.8 Å². The van der Waals surface area contributed by atoms with Crippen LogP contribution >= 0.6 is 0 Å². The molecule has 9 nitrogen and oxygen atoms in total. The van der Waals surface area contributed by atoms with Crippen LogP contribution in [0.25, 0.3) is 6.08 Å². The molecule has 2 aromatic rings. The van der Waals surface area contributed by atoms with Gasteiger partial charge in [-0.15, -0.1) is 0 Å². The van der Waals surface area contributed by atoms with Crippen molar-refractivity contribution < 1.29 is 26.8 Å². The van der Waals surface area contributed by atoms with Crippen molar-refractivity contribution in [2.75, 3.05) is 4.72 Å². The molecule has 0 saturated heterocycles. The quantitative estimate of drug-likeness (QED) is 0.319. The Hall–Kier alpha value is -2.73. The molecule has 1 amide bonds. The third-order valence-corrected chi connectivity index (χ3v) is 5.49. The summed E-state index contributed by atoms with van der Waals surface area (Å²) >= 11 is 0. The zero-order chi connectivity index (χ0) is 19.4. The molecule has 0 unspecified atom stereocenters. The average molecular weight is 397 g/mol. The van der Waals surface area contributed by atoms with E-state index in [2.05, 4.69) is 4.72 Å². The summed E-state index contributed by atoms with van der Waals surface area (Å²) in [6, 6.07) is 10.5. The van der Waals surface area contributed by atoms with E-state index in [-0.39, 0.29) is 15.5 Å². The summed E-state index contributed by atoms with van der Waals surface area (Å²) in [7, 11) is -7.83. The molecular formula is C15H15N3O6S2. The molecule has 0 aromatic heterocycles. The van der Waals surface area contributed by atoms with Gasteiger partial charge in [0.2, 0.25) is 10.0 Å². The van der Waals surface area contributed by atoms with Crippen LogP contribution in [-0.4, -0.2) is 28.0 Å². The number of hydrogen-bond donors (Lipinski definition) is 4. The van der Waals surface area contributed by atoms with Crippen molar-refractivity contribution >= 4 is 37.7 Å². The highest BCUT2D eigenvalue weighted by Gasteiger charge is 2.16. The van der Waals surface area contributed by atoms with Crippen molar-refractivity contribution in [3.05, 3.63) is 60.2 Å². The summed E-state index contributed by atoms with van der Waals surface area (Å²) in [4.78, 5) is 10.6. The van der Waals surface area contributed by atoms with Gasteiger partial charge in [0, 0.05) is 11.8 Å². The summed E-state index contributed by atoms with van der Waals surface area (Å²) in [5.41, 5.74) is 2.32. The average Bonchev–Trinajstić information content (AvgIpc) is 2.60. The van der Waals surface area contributed by atoms with Crippen molar-refractivity contribution in [3.8, 4) is 0 Å². The van der Waals surface area contributed by atoms with Gasteiger partial charge in [-0.2, -0.15) is 0 Å². The maximum atomic E-state index is 12.3. The highest BCUT2D eigenvalue weighted by atomic mass is 32.2. The monoisotopic (exact) mass is 397 g/mol. The van der Waals surface area contributed by atoms with Gasteiger partial charge in [-0.25, -0.2) is 27.5 Å². The van der Waals surface area contributed by atoms with Crippen LogP contribution in [0, 0.1) is 0 Å². The van der Waals surface area contributed by atoms with Crippen LogP contribution in [0.15, 0.2) is 64.4 Å². The van der Waals surface area contributed by atoms with E-state index in [1.54, 1.807) is 12.1 Å². The van der Waals surface area contributed by atoms with Gasteiger partial charge in [0.25, 0.3) is 15.9 Å². The molecule has 2 rings (SSSR count). The number of sulfonamides is 2. The largest absolute Gasteiger partial charge is 0.288 e. The third kappa shape index (κ3) is 5.13. The van der Waals surface area contributed by atoms with Gasteiger partial charge in [-0.3, -0.25) is 14.7 Å². The maximum Gasteiger partial charge on any atom is 0.267 e. The lowest BCUT2D eigenvalue weighted by atomic mass is 10.2. The van der Waals surface area contributed by atoms with Gasteiger partial charge >= 0.3 is 0 Å². The van der Waals surface area contributed by atoms with Gasteiger partial charge in [-0.1, -0.05) is 12.1 Å². The lowest BCUT2D eigenvalue weighted by Crippen LogP contribution is -2.15. The fraction of sp³-hybridized carbons (Fsp3) is 0. The number of nitrogens with two attached hydrogens (primary N) is 1. The molecule has 0 spiro atoms. The number of benzene rings is 2. The summed E-state index contributed by atoms with van der Waals surface area (Å²) in [5, 5.41) is 13.4. The molecule has 138 valence electrons. The third-order valence-electron chi connectivity index (χ3n) is 3.16. The van der Waals surface area contributed by atoms with Crippen LogP contribution < -0.4 is 15.3 Å². The van der Waals surface area contributed by atoms with Gasteiger partial charge < -0.3 is 0 Å². The lowest BCUT2D eigenvalue weighted by molar-refractivity contribution is -0.124. The number of carbonyl (C=O) groups excluding carboxylic acids is 1. The van der Waals surface area contributed by atoms with Crippen LogP contribution in [0.2, 0.25) is 0 Å². The summed E-state index contributed by atoms with van der Waals surface area (Å²) in [5.74, 6) is -0.697. The minimum atomic E-state index is -3.92. The normalized spacial score (nSPS) is 12.1. The van der Waals surface area contributed by atoms with E-state index >= 15 is 0 Å². The number of amides is 1. The second-order valence-electron chi connectivity index (χ2n) is 5.05. The minimum absolute atomic E-state index is 0.131. The summed E-state index contributed by atoms with van der Waals surface area (Å²) < 4.78 is 49.4. The second-order valence-corrected chi connectivity index (χ2v) is 8.30. The molecule has 0 saturated carbocycles. The molecule has 0 aliphatic rings. The predicted molar refractivity (Wildman–Crippen MR) is 94.0 cm³/mol. The van der Waals surface area contributed by atoms with Crippen molar-refractivity contribution in [2.45, 2.75) is 9.79 Å². The fourth-order valence-corrected chi connectivity index (χ4v) is 3.47. The van der Waals surface area contributed by atoms with E-state index in [0.29, 0.717) is 5.56 Å². The Labute approximate surface area is 150 Å². The zero-order valence-corrected chi connectivity index (χ0v) is 14.8. The molecule has 0 atom stereocenters. The number of hydrogen-bond acceptors (Lipinski definition) is 6. The van der Waals surface area contributed by atoms with E-state index in [0.717, 1.165) is 30.3 Å². The predicted octanol–water partition coefficient (Wildman–Crippen LogP) is 0.653. The Morgan fingerprint density at radius 2 is 1.46 bits per heavy atom. The molecule has 0 heterocycles. The Morgan fingerprint density at radius 3 is 1.96 bits per heavy atom. The van der Waals surface area contributed by atoms with Gasteiger partial charge in [0.1, 0.15) is 0 Å². The van der Waals surface area contributed by atoms with Crippen LogP contribution in [0.3, 0.4) is 0 Å². The first-order valence-electron chi connectivity index (χ1n) is 7.00. The fourth-order valence-electron chi connectivity index (χ4n) is 1.89. The molecule has 0 radical (unpaired) electrons. The first kappa shape index (κ1) is 19.6. The van der Waals surface area contributed by atoms with Crippen molar-refractivity contribution in [1.29, 1.82) is 0 Å². The molecule has 2 aromatic carbocycles. The molecule has 11 heteroatoms. The standard InChI is InChI=1S/C15H15N3O6S2/c16-25(21,22)13-6-8-14(9-7-13)26(23,24)18-12-4-1-11(2-5-12)3-10-15(19)17-20/h1-10,18,20H,(H,17,19)(H2,16,21,22)/b10-3+.